The van der Waals surface area contributed by atoms with Gasteiger partial charge in [-0.25, -0.2) is 39.6 Å². The lowest BCUT2D eigenvalue weighted by molar-refractivity contribution is -0.0464. The zero-order valence-electron chi connectivity index (χ0n) is 48.9. The molecule has 448 valence electrons. The first-order valence-electron chi connectivity index (χ1n) is 28.7. The molecule has 2 fully saturated rings. The van der Waals surface area contributed by atoms with E-state index in [9.17, 15) is 20.0 Å². The summed E-state index contributed by atoms with van der Waals surface area (Å²) in [6.45, 7) is 11.2. The van der Waals surface area contributed by atoms with Gasteiger partial charge < -0.3 is 29.6 Å². The number of nitriles is 1. The summed E-state index contributed by atoms with van der Waals surface area (Å²) in [5.74, 6) is -0.864. The van der Waals surface area contributed by atoms with Crippen molar-refractivity contribution < 1.29 is 42.2 Å². The lowest BCUT2D eigenvalue weighted by Crippen LogP contribution is -2.55. The molecule has 2 aliphatic rings. The number of imidazole rings is 2. The molecule has 2 saturated heterocycles. The number of anilines is 2. The molecule has 0 radical (unpaired) electrons. The number of hydrogen-bond acceptors (Lipinski definition) is 17. The Labute approximate surface area is 504 Å². The number of rotatable bonds is 22. The Morgan fingerprint density at radius 2 is 1.11 bits per heavy atom. The molecular formula is C63H68N13O9PSi. The lowest BCUT2D eigenvalue weighted by atomic mass is 9.75. The van der Waals surface area contributed by atoms with E-state index in [1.54, 1.807) is 64.0 Å². The minimum absolute atomic E-state index is 0.143. The number of aliphatic hydroxyl groups is 1. The van der Waals surface area contributed by atoms with Crippen molar-refractivity contribution in [3.05, 3.63) is 205 Å². The van der Waals surface area contributed by atoms with Crippen LogP contribution in [0.15, 0.2) is 177 Å². The Balaban J connectivity index is 0.972. The minimum Gasteiger partial charge on any atom is -0.408 e. The average molecular weight is 1210 g/mol. The first-order chi connectivity index (χ1) is 42.0. The van der Waals surface area contributed by atoms with Crippen molar-refractivity contribution in [2.75, 3.05) is 30.5 Å². The largest absolute Gasteiger partial charge is 0.408 e. The Morgan fingerprint density at radius 1 is 0.655 bits per heavy atom. The van der Waals surface area contributed by atoms with Crippen molar-refractivity contribution in [1.82, 2.24) is 49.4 Å². The summed E-state index contributed by atoms with van der Waals surface area (Å²) in [5, 5.41) is 33.8. The van der Waals surface area contributed by atoms with Crippen LogP contribution in [0.3, 0.4) is 0 Å². The van der Waals surface area contributed by atoms with Gasteiger partial charge in [-0.15, -0.1) is 0 Å². The highest BCUT2D eigenvalue weighted by Gasteiger charge is 2.55. The zero-order chi connectivity index (χ0) is 60.9. The van der Waals surface area contributed by atoms with Gasteiger partial charge in [0.2, 0.25) is 0 Å². The second-order valence-electron chi connectivity index (χ2n) is 23.0. The van der Waals surface area contributed by atoms with Crippen molar-refractivity contribution in [2.45, 2.75) is 101 Å². The van der Waals surface area contributed by atoms with Gasteiger partial charge in [0.1, 0.15) is 31.1 Å². The van der Waals surface area contributed by atoms with Crippen LogP contribution in [0, 0.1) is 17.2 Å². The second kappa shape index (κ2) is 25.6. The number of carbonyl (C=O) groups excluding carboxylic acids is 2. The molecule has 87 heavy (non-hydrogen) atoms. The summed E-state index contributed by atoms with van der Waals surface area (Å²) in [5.41, 5.74) is 3.84. The van der Waals surface area contributed by atoms with Crippen molar-refractivity contribution in [3.8, 4) is 6.07 Å². The normalized spacial score (nSPS) is 21.4. The van der Waals surface area contributed by atoms with Crippen LogP contribution in [0.5, 0.6) is 0 Å². The molecule has 2 aliphatic heterocycles. The predicted molar refractivity (Wildman–Crippen MR) is 328 cm³/mol. The quantitative estimate of drug-likeness (QED) is 0.0183. The molecule has 1 unspecified atom stereocenters. The zero-order valence-corrected chi connectivity index (χ0v) is 50.8. The molecule has 5 aromatic carbocycles. The van der Waals surface area contributed by atoms with Gasteiger partial charge in [-0.3, -0.25) is 33.1 Å². The molecule has 9 atom stereocenters. The molecule has 0 spiro atoms. The van der Waals surface area contributed by atoms with E-state index in [0.717, 1.165) is 16.7 Å². The maximum absolute atomic E-state index is 16.0. The van der Waals surface area contributed by atoms with Crippen LogP contribution >= 0.6 is 7.75 Å². The standard InChI is InChI=1S/C63H68N13O9PSi/c1-41-49(73-63(44-27-16-9-17-28-44,45-29-18-10-19-30-45)46-31-20-11-21-32-46)48(84-60(41)75-39-69-51-54(65-37-67-56(51)75)71-58(78)42-23-12-7-13-24-42)36-82-86(80,81-34-22-33-64)74-50-47(35-77)83-61(53(50)85-87(5,6)62(2,3)4)76-40-70-52-55(66-38-68-57(52)76)72-59(79)43-25-14-8-15-26-43/h7-21,23-32,37-41,47-50,53,60-61,73,77H,22,34-36H2,1-6H3,(H,74,80)(H,65,67,71,78)(H,66,68,72,79)/t41-,47-,48-,49+,50-,53-,60-,61-,86?/m1/s1. The summed E-state index contributed by atoms with van der Waals surface area (Å²) in [6, 6.07) is 48.1. The van der Waals surface area contributed by atoms with E-state index in [1.807, 2.05) is 73.7 Å². The number of aliphatic hydroxyl groups excluding tert-OH is 1. The first kappa shape index (κ1) is 60.4. The van der Waals surface area contributed by atoms with E-state index in [4.69, 9.17) is 27.9 Å². The average Bonchev–Trinajstić information content (AvgIpc) is 1.88. The Bertz CT molecular complexity index is 3840. The molecule has 0 saturated carbocycles. The van der Waals surface area contributed by atoms with Crippen LogP contribution in [0.4, 0.5) is 11.6 Å². The fraction of sp³-hybridized carbons (Fsp3) is 0.317. The number of nitrogens with zero attached hydrogens (tertiary/aromatic N) is 9. The van der Waals surface area contributed by atoms with Crippen molar-refractivity contribution >= 4 is 61.8 Å². The predicted octanol–water partition coefficient (Wildman–Crippen LogP) is 9.95. The summed E-state index contributed by atoms with van der Waals surface area (Å²) >= 11 is 0. The number of fused-ring (bicyclic) bond motifs is 2. The van der Waals surface area contributed by atoms with Crippen molar-refractivity contribution in [2.24, 2.45) is 5.92 Å². The van der Waals surface area contributed by atoms with Crippen molar-refractivity contribution in [1.29, 1.82) is 5.26 Å². The molecule has 24 heteroatoms. The van der Waals surface area contributed by atoms with Crippen LogP contribution in [-0.4, -0.2) is 114 Å². The van der Waals surface area contributed by atoms with Gasteiger partial charge in [0, 0.05) is 23.1 Å². The van der Waals surface area contributed by atoms with Crippen LogP contribution in [-0.2, 0) is 33.1 Å². The topological polar surface area (TPSA) is 277 Å². The van der Waals surface area contributed by atoms with E-state index in [0.29, 0.717) is 22.3 Å². The third kappa shape index (κ3) is 12.4. The third-order valence-electron chi connectivity index (χ3n) is 16.5. The highest BCUT2D eigenvalue weighted by Crippen LogP contribution is 2.51. The van der Waals surface area contributed by atoms with Gasteiger partial charge >= 0.3 is 7.75 Å². The van der Waals surface area contributed by atoms with Crippen LogP contribution < -0.4 is 21.0 Å². The fourth-order valence-corrected chi connectivity index (χ4v) is 13.9. The molecule has 0 aliphatic carbocycles. The number of aromatic nitrogens is 8. The molecule has 22 nitrogen and oxygen atoms in total. The van der Waals surface area contributed by atoms with Gasteiger partial charge in [-0.05, 0) is 59.1 Å². The fourth-order valence-electron chi connectivity index (χ4n) is 11.0. The second-order valence-corrected chi connectivity index (χ2v) is 29.5. The van der Waals surface area contributed by atoms with E-state index < -0.39 is 82.9 Å². The smallest absolute Gasteiger partial charge is 0.406 e. The molecule has 6 heterocycles. The highest BCUT2D eigenvalue weighted by atomic mass is 31.2. The number of benzene rings is 5. The van der Waals surface area contributed by atoms with Crippen LogP contribution in [0.1, 0.15) is 84.0 Å². The maximum Gasteiger partial charge on any atom is 0.406 e. The van der Waals surface area contributed by atoms with Gasteiger partial charge in [0.05, 0.1) is 62.7 Å². The van der Waals surface area contributed by atoms with Gasteiger partial charge in [0.25, 0.3) is 11.8 Å². The summed E-state index contributed by atoms with van der Waals surface area (Å²) < 4.78 is 53.6. The molecule has 9 aromatic rings. The van der Waals surface area contributed by atoms with E-state index >= 15 is 4.57 Å². The monoisotopic (exact) mass is 1210 g/mol. The number of hydrogen-bond donors (Lipinski definition) is 5. The molecule has 11 rings (SSSR count). The number of ether oxygens (including phenoxy) is 2. The van der Waals surface area contributed by atoms with Crippen LogP contribution in [0.25, 0.3) is 22.3 Å². The Morgan fingerprint density at radius 3 is 1.57 bits per heavy atom. The highest BCUT2D eigenvalue weighted by molar-refractivity contribution is 7.51. The summed E-state index contributed by atoms with van der Waals surface area (Å²) in [7, 11) is -7.43. The SMILES string of the molecule is C[C@@H]1[C@H](NC(c2ccccc2)(c2ccccc2)c2ccccc2)[C@@H](COP(=O)(N[C@H]2[C@@H](O[Si](C)(C)C(C)(C)C)[C@H](n3cnc4c(NC(=O)c5ccccc5)ncnc43)O[C@@H]2CO)OCCC#N)O[C@H]1n1cnc2c(NC(=O)c3ccccc3)ncnc21. The van der Waals surface area contributed by atoms with Crippen molar-refractivity contribution in [3.63, 3.8) is 0 Å². The summed E-state index contributed by atoms with van der Waals surface area (Å²) in [6.07, 6.45) is 0.701. The number of nitrogens with one attached hydrogen (secondary N) is 4. The van der Waals surface area contributed by atoms with E-state index in [-0.39, 0.29) is 53.4 Å². The Kier molecular flexibility index (Phi) is 17.8. The molecular weight excluding hydrogens is 1140 g/mol. The lowest BCUT2D eigenvalue weighted by Gasteiger charge is -2.41. The molecule has 4 aromatic heterocycles. The minimum atomic E-state index is -4.63. The van der Waals surface area contributed by atoms with Gasteiger partial charge in [-0.2, -0.15) is 5.26 Å². The number of carbonyl (C=O) groups is 2. The molecule has 0 bridgehead atoms. The molecule has 5 N–H and O–H groups in total. The third-order valence-corrected chi connectivity index (χ3v) is 22.6. The van der Waals surface area contributed by atoms with Gasteiger partial charge in [0.15, 0.2) is 48.5 Å². The van der Waals surface area contributed by atoms with E-state index in [2.05, 4.69) is 122 Å². The van der Waals surface area contributed by atoms with Crippen LogP contribution in [0.2, 0.25) is 18.1 Å². The maximum atomic E-state index is 16.0. The first-order valence-corrected chi connectivity index (χ1v) is 33.1. The number of amides is 2. The molecule has 2 amide bonds. The summed E-state index contributed by atoms with van der Waals surface area (Å²) in [4.78, 5) is 54.4. The van der Waals surface area contributed by atoms with E-state index in [1.165, 1.54) is 19.0 Å². The van der Waals surface area contributed by atoms with Gasteiger partial charge in [-0.1, -0.05) is 155 Å². The Hall–Kier alpha value is -8.24.